The van der Waals surface area contributed by atoms with Gasteiger partial charge < -0.3 is 9.64 Å². The summed E-state index contributed by atoms with van der Waals surface area (Å²) >= 11 is 1.66. The van der Waals surface area contributed by atoms with Crippen LogP contribution in [-0.4, -0.2) is 30.6 Å². The zero-order chi connectivity index (χ0) is 15.8. The highest BCUT2D eigenvalue weighted by Crippen LogP contribution is 2.33. The molecule has 2 aromatic rings. The van der Waals surface area contributed by atoms with Gasteiger partial charge in [0.25, 0.3) is 5.91 Å². The Morgan fingerprint density at radius 3 is 3.04 bits per heavy atom. The van der Waals surface area contributed by atoms with Crippen molar-refractivity contribution < 1.29 is 9.53 Å². The summed E-state index contributed by atoms with van der Waals surface area (Å²) in [7, 11) is 0. The Morgan fingerprint density at radius 1 is 1.43 bits per heavy atom. The number of nitrogens with zero attached hydrogens (tertiary/aromatic N) is 2. The molecule has 0 bridgehead atoms. The van der Waals surface area contributed by atoms with Crippen LogP contribution < -0.4 is 4.90 Å². The first-order chi connectivity index (χ1) is 11.2. The maximum Gasteiger partial charge on any atom is 0.252 e. The molecule has 0 N–H and O–H groups in total. The largest absolute Gasteiger partial charge is 0.371 e. The molecule has 23 heavy (non-hydrogen) atoms. The first kappa shape index (κ1) is 14.8. The highest BCUT2D eigenvalue weighted by molar-refractivity contribution is 7.09. The fourth-order valence-corrected chi connectivity index (χ4v) is 3.61. The molecule has 0 atom stereocenters. The Morgan fingerprint density at radius 2 is 2.30 bits per heavy atom. The molecule has 5 heteroatoms. The van der Waals surface area contributed by atoms with Crippen LogP contribution in [0.5, 0.6) is 0 Å². The topological polar surface area (TPSA) is 42.4 Å². The molecule has 0 saturated heterocycles. The summed E-state index contributed by atoms with van der Waals surface area (Å²) in [5.74, 6) is 0.763. The van der Waals surface area contributed by atoms with Gasteiger partial charge in [-0.15, -0.1) is 11.3 Å². The SMILES string of the molecule is Cc1nc(-c2ccc3c(c2)CCN3C(=O)COCC2CC2)cs1. The predicted molar refractivity (Wildman–Crippen MR) is 91.9 cm³/mol. The number of benzene rings is 1. The monoisotopic (exact) mass is 328 g/mol. The van der Waals surface area contributed by atoms with Crippen molar-refractivity contribution in [1.82, 2.24) is 4.98 Å². The van der Waals surface area contributed by atoms with Gasteiger partial charge in [0.05, 0.1) is 17.3 Å². The molecule has 1 fully saturated rings. The zero-order valence-electron chi connectivity index (χ0n) is 13.2. The number of ether oxygens (including phenoxy) is 1. The van der Waals surface area contributed by atoms with E-state index in [0.29, 0.717) is 5.92 Å². The van der Waals surface area contributed by atoms with Gasteiger partial charge in [-0.1, -0.05) is 6.07 Å². The smallest absolute Gasteiger partial charge is 0.252 e. The Kier molecular flexibility index (Phi) is 3.91. The van der Waals surface area contributed by atoms with Crippen LogP contribution in [0.1, 0.15) is 23.4 Å². The second-order valence-electron chi connectivity index (χ2n) is 6.35. The average Bonchev–Trinajstić information content (AvgIpc) is 3.11. The van der Waals surface area contributed by atoms with Gasteiger partial charge in [-0.2, -0.15) is 0 Å². The minimum Gasteiger partial charge on any atom is -0.371 e. The summed E-state index contributed by atoms with van der Waals surface area (Å²) in [6, 6.07) is 6.28. The number of fused-ring (bicyclic) bond motifs is 1. The molecule has 120 valence electrons. The lowest BCUT2D eigenvalue weighted by Gasteiger charge is -2.17. The van der Waals surface area contributed by atoms with Crippen molar-refractivity contribution in [2.75, 3.05) is 24.7 Å². The van der Waals surface area contributed by atoms with Crippen LogP contribution in [0.25, 0.3) is 11.3 Å². The number of aromatic nitrogens is 1. The van der Waals surface area contributed by atoms with Gasteiger partial charge in [0.1, 0.15) is 6.61 Å². The van der Waals surface area contributed by atoms with E-state index < -0.39 is 0 Å². The number of anilines is 1. The zero-order valence-corrected chi connectivity index (χ0v) is 14.1. The fourth-order valence-electron chi connectivity index (χ4n) is 2.99. The van der Waals surface area contributed by atoms with E-state index in [0.717, 1.165) is 41.5 Å². The first-order valence-electron chi connectivity index (χ1n) is 8.14. The van der Waals surface area contributed by atoms with E-state index in [9.17, 15) is 4.79 Å². The number of thiazole rings is 1. The van der Waals surface area contributed by atoms with Crippen molar-refractivity contribution in [1.29, 1.82) is 0 Å². The Bertz CT molecular complexity index is 736. The minimum absolute atomic E-state index is 0.0710. The number of carbonyl (C=O) groups is 1. The Hall–Kier alpha value is -1.72. The molecule has 0 spiro atoms. The predicted octanol–water partition coefficient (Wildman–Crippen LogP) is 3.43. The lowest BCUT2D eigenvalue weighted by molar-refractivity contribution is -0.123. The van der Waals surface area contributed by atoms with Gasteiger partial charge in [-0.25, -0.2) is 4.98 Å². The molecule has 2 aliphatic rings. The summed E-state index contributed by atoms with van der Waals surface area (Å²) in [5, 5.41) is 3.16. The van der Waals surface area contributed by atoms with Gasteiger partial charge >= 0.3 is 0 Å². The van der Waals surface area contributed by atoms with E-state index in [-0.39, 0.29) is 12.5 Å². The standard InChI is InChI=1S/C18H20N2O2S/c1-12-19-16(11-23-12)14-4-5-17-15(8-14)6-7-20(17)18(21)10-22-9-13-2-3-13/h4-5,8,11,13H,2-3,6-7,9-10H2,1H3. The number of carbonyl (C=O) groups excluding carboxylic acids is 1. The second-order valence-corrected chi connectivity index (χ2v) is 7.41. The summed E-state index contributed by atoms with van der Waals surface area (Å²) in [4.78, 5) is 18.8. The van der Waals surface area contributed by atoms with Crippen LogP contribution >= 0.6 is 11.3 Å². The molecule has 0 unspecified atom stereocenters. The molecule has 1 saturated carbocycles. The maximum absolute atomic E-state index is 12.4. The second kappa shape index (κ2) is 6.06. The van der Waals surface area contributed by atoms with E-state index in [2.05, 4.69) is 22.5 Å². The van der Waals surface area contributed by atoms with Crippen molar-refractivity contribution in [3.8, 4) is 11.3 Å². The van der Waals surface area contributed by atoms with Crippen LogP contribution in [0.4, 0.5) is 5.69 Å². The van der Waals surface area contributed by atoms with Gasteiger partial charge in [0.2, 0.25) is 0 Å². The first-order valence-corrected chi connectivity index (χ1v) is 9.02. The molecular weight excluding hydrogens is 308 g/mol. The lowest BCUT2D eigenvalue weighted by atomic mass is 10.1. The summed E-state index contributed by atoms with van der Waals surface area (Å²) in [6.45, 7) is 3.70. The van der Waals surface area contributed by atoms with E-state index in [4.69, 9.17) is 4.74 Å². The van der Waals surface area contributed by atoms with E-state index in [1.54, 1.807) is 11.3 Å². The molecule has 4 rings (SSSR count). The van der Waals surface area contributed by atoms with Crippen molar-refractivity contribution in [3.63, 3.8) is 0 Å². The molecule has 1 aromatic heterocycles. The number of hydrogen-bond donors (Lipinski definition) is 0. The third-order valence-electron chi connectivity index (χ3n) is 4.47. The molecule has 0 radical (unpaired) electrons. The molecule has 1 aromatic carbocycles. The average molecular weight is 328 g/mol. The molecule has 1 aliphatic heterocycles. The third kappa shape index (κ3) is 3.16. The van der Waals surface area contributed by atoms with E-state index >= 15 is 0 Å². The maximum atomic E-state index is 12.4. The number of aryl methyl sites for hydroxylation is 1. The van der Waals surface area contributed by atoms with Gasteiger partial charge in [-0.05, 0) is 49.8 Å². The third-order valence-corrected chi connectivity index (χ3v) is 5.24. The fraction of sp³-hybridized carbons (Fsp3) is 0.444. The van der Waals surface area contributed by atoms with Crippen LogP contribution in [0.2, 0.25) is 0 Å². The number of amides is 1. The lowest BCUT2D eigenvalue weighted by Crippen LogP contribution is -2.32. The van der Waals surface area contributed by atoms with Crippen LogP contribution in [0, 0.1) is 12.8 Å². The van der Waals surface area contributed by atoms with Gasteiger partial charge in [0.15, 0.2) is 0 Å². The summed E-state index contributed by atoms with van der Waals surface area (Å²) in [5.41, 5.74) is 4.41. The normalized spacial score (nSPS) is 16.7. The van der Waals surface area contributed by atoms with Crippen LogP contribution in [-0.2, 0) is 16.0 Å². The number of hydrogen-bond acceptors (Lipinski definition) is 4. The molecule has 4 nitrogen and oxygen atoms in total. The number of rotatable bonds is 5. The molecule has 1 aliphatic carbocycles. The highest BCUT2D eigenvalue weighted by atomic mass is 32.1. The molecular formula is C18H20N2O2S. The van der Waals surface area contributed by atoms with Crippen molar-refractivity contribution >= 4 is 22.9 Å². The summed E-state index contributed by atoms with van der Waals surface area (Å²) in [6.07, 6.45) is 3.40. The Balaban J connectivity index is 1.46. The van der Waals surface area contributed by atoms with E-state index in [1.807, 2.05) is 17.9 Å². The summed E-state index contributed by atoms with van der Waals surface area (Å²) < 4.78 is 5.54. The minimum atomic E-state index is 0.0710. The van der Waals surface area contributed by atoms with Crippen molar-refractivity contribution in [2.45, 2.75) is 26.2 Å². The Labute approximate surface area is 140 Å². The van der Waals surface area contributed by atoms with E-state index in [1.165, 1.54) is 18.4 Å². The van der Waals surface area contributed by atoms with Crippen molar-refractivity contribution in [3.05, 3.63) is 34.2 Å². The van der Waals surface area contributed by atoms with Gasteiger partial charge in [0, 0.05) is 23.2 Å². The van der Waals surface area contributed by atoms with Crippen LogP contribution in [0.3, 0.4) is 0 Å². The van der Waals surface area contributed by atoms with Gasteiger partial charge in [-0.3, -0.25) is 4.79 Å². The molecule has 1 amide bonds. The quantitative estimate of drug-likeness (QED) is 0.844. The highest BCUT2D eigenvalue weighted by Gasteiger charge is 2.26. The van der Waals surface area contributed by atoms with Crippen LogP contribution in [0.15, 0.2) is 23.6 Å². The molecule has 2 heterocycles. The van der Waals surface area contributed by atoms with Crippen molar-refractivity contribution in [2.24, 2.45) is 5.92 Å².